The van der Waals surface area contributed by atoms with Crippen LogP contribution in [0.3, 0.4) is 0 Å². The maximum atomic E-state index is 10.5. The predicted molar refractivity (Wildman–Crippen MR) is 55.3 cm³/mol. The average molecular weight is 288 g/mol. The molecule has 0 aliphatic carbocycles. The van der Waals surface area contributed by atoms with E-state index in [1.54, 1.807) is 13.0 Å². The van der Waals surface area contributed by atoms with Gasteiger partial charge in [0, 0.05) is 9.64 Å². The number of hydrogen-bond acceptors (Lipinski definition) is 3. The minimum atomic E-state index is -0.540. The molecule has 13 heavy (non-hydrogen) atoms. The Hall–Kier alpha value is -1.16. The lowest BCUT2D eigenvalue weighted by Gasteiger charge is -2.00. The SMILES string of the molecule is Cc1c(I)ccc([N+](=O)[O-])c1C#N. The van der Waals surface area contributed by atoms with Crippen LogP contribution in [0.1, 0.15) is 11.1 Å². The van der Waals surface area contributed by atoms with Gasteiger partial charge in [0.15, 0.2) is 0 Å². The summed E-state index contributed by atoms with van der Waals surface area (Å²) in [5.41, 5.74) is 0.689. The van der Waals surface area contributed by atoms with Crippen LogP contribution in [0.25, 0.3) is 0 Å². The standard InChI is InChI=1S/C8H5IN2O2/c1-5-6(4-10)8(11(12)13)3-2-7(5)9/h2-3H,1H3. The van der Waals surface area contributed by atoms with Crippen molar-refractivity contribution in [3.8, 4) is 6.07 Å². The fraction of sp³-hybridized carbons (Fsp3) is 0.125. The van der Waals surface area contributed by atoms with Crippen LogP contribution in [-0.2, 0) is 0 Å². The van der Waals surface area contributed by atoms with Crippen molar-refractivity contribution in [3.05, 3.63) is 36.9 Å². The van der Waals surface area contributed by atoms with Crippen molar-refractivity contribution >= 4 is 28.3 Å². The summed E-state index contributed by atoms with van der Waals surface area (Å²) >= 11 is 2.04. The van der Waals surface area contributed by atoms with Gasteiger partial charge >= 0.3 is 0 Å². The van der Waals surface area contributed by atoms with Gasteiger partial charge in [-0.2, -0.15) is 5.26 Å². The highest BCUT2D eigenvalue weighted by atomic mass is 127. The molecule has 5 heteroatoms. The summed E-state index contributed by atoms with van der Waals surface area (Å²) in [5, 5.41) is 19.2. The van der Waals surface area contributed by atoms with Gasteiger partial charge < -0.3 is 0 Å². The molecular weight excluding hydrogens is 283 g/mol. The van der Waals surface area contributed by atoms with Crippen molar-refractivity contribution in [1.29, 1.82) is 5.26 Å². The highest BCUT2D eigenvalue weighted by molar-refractivity contribution is 14.1. The van der Waals surface area contributed by atoms with Gasteiger partial charge in [-0.25, -0.2) is 0 Å². The van der Waals surface area contributed by atoms with Gasteiger partial charge in [0.2, 0.25) is 0 Å². The minimum absolute atomic E-state index is 0.125. The lowest BCUT2D eigenvalue weighted by molar-refractivity contribution is -0.385. The topological polar surface area (TPSA) is 66.9 Å². The molecule has 0 saturated carbocycles. The first-order valence-electron chi connectivity index (χ1n) is 3.41. The third-order valence-corrected chi connectivity index (χ3v) is 2.85. The van der Waals surface area contributed by atoms with Crippen molar-refractivity contribution in [2.75, 3.05) is 0 Å². The van der Waals surface area contributed by atoms with Gasteiger partial charge in [-0.3, -0.25) is 10.1 Å². The molecule has 0 radical (unpaired) electrons. The normalized spacial score (nSPS) is 9.31. The molecule has 0 spiro atoms. The van der Waals surface area contributed by atoms with Crippen LogP contribution in [0.15, 0.2) is 12.1 Å². The summed E-state index contributed by atoms with van der Waals surface area (Å²) in [4.78, 5) is 9.96. The fourth-order valence-electron chi connectivity index (χ4n) is 0.965. The van der Waals surface area contributed by atoms with E-state index in [-0.39, 0.29) is 11.3 Å². The van der Waals surface area contributed by atoms with Crippen LogP contribution < -0.4 is 0 Å². The highest BCUT2D eigenvalue weighted by Crippen LogP contribution is 2.24. The maximum absolute atomic E-state index is 10.5. The monoisotopic (exact) mass is 288 g/mol. The summed E-state index contributed by atoms with van der Waals surface area (Å²) in [5.74, 6) is 0. The van der Waals surface area contributed by atoms with Crippen molar-refractivity contribution in [1.82, 2.24) is 0 Å². The van der Waals surface area contributed by atoms with Gasteiger partial charge in [-0.1, -0.05) is 0 Å². The Morgan fingerprint density at radius 3 is 2.69 bits per heavy atom. The van der Waals surface area contributed by atoms with Crippen LogP contribution in [0.2, 0.25) is 0 Å². The summed E-state index contributed by atoms with van der Waals surface area (Å²) in [6.07, 6.45) is 0. The molecule has 0 fully saturated rings. The number of nitro benzene ring substituents is 1. The molecule has 0 atom stereocenters. The number of nitriles is 1. The first kappa shape index (κ1) is 9.92. The van der Waals surface area contributed by atoms with E-state index in [9.17, 15) is 10.1 Å². The van der Waals surface area contributed by atoms with Crippen LogP contribution in [0, 0.1) is 31.9 Å². The Labute approximate surface area is 88.5 Å². The second kappa shape index (κ2) is 3.70. The van der Waals surface area contributed by atoms with E-state index in [1.807, 2.05) is 28.7 Å². The van der Waals surface area contributed by atoms with E-state index in [0.29, 0.717) is 5.56 Å². The van der Waals surface area contributed by atoms with Gasteiger partial charge in [0.25, 0.3) is 5.69 Å². The summed E-state index contributed by atoms with van der Waals surface area (Å²) in [7, 11) is 0. The van der Waals surface area contributed by atoms with E-state index in [4.69, 9.17) is 5.26 Å². The number of nitro groups is 1. The first-order valence-corrected chi connectivity index (χ1v) is 4.49. The lowest BCUT2D eigenvalue weighted by Crippen LogP contribution is -1.96. The molecule has 1 aromatic carbocycles. The van der Waals surface area contributed by atoms with Crippen molar-refractivity contribution < 1.29 is 4.92 Å². The molecule has 0 aromatic heterocycles. The molecule has 0 aliphatic heterocycles. The van der Waals surface area contributed by atoms with Crippen molar-refractivity contribution in [2.45, 2.75) is 6.92 Å². The van der Waals surface area contributed by atoms with Gasteiger partial charge in [-0.05, 0) is 41.1 Å². The highest BCUT2D eigenvalue weighted by Gasteiger charge is 2.16. The zero-order valence-corrected chi connectivity index (χ0v) is 8.90. The van der Waals surface area contributed by atoms with E-state index >= 15 is 0 Å². The second-order valence-electron chi connectivity index (χ2n) is 2.44. The van der Waals surface area contributed by atoms with Crippen LogP contribution in [-0.4, -0.2) is 4.92 Å². The van der Waals surface area contributed by atoms with Gasteiger partial charge in [-0.15, -0.1) is 0 Å². The molecule has 66 valence electrons. The third-order valence-electron chi connectivity index (χ3n) is 1.69. The molecule has 0 amide bonds. The zero-order valence-electron chi connectivity index (χ0n) is 6.74. The fourth-order valence-corrected chi connectivity index (χ4v) is 1.41. The average Bonchev–Trinajstić information content (AvgIpc) is 2.09. The Morgan fingerprint density at radius 1 is 1.62 bits per heavy atom. The van der Waals surface area contributed by atoms with E-state index in [1.165, 1.54) is 6.07 Å². The summed E-state index contributed by atoms with van der Waals surface area (Å²) < 4.78 is 0.861. The molecule has 4 nitrogen and oxygen atoms in total. The van der Waals surface area contributed by atoms with Crippen LogP contribution >= 0.6 is 22.6 Å². The van der Waals surface area contributed by atoms with Crippen molar-refractivity contribution in [2.24, 2.45) is 0 Å². The number of nitrogens with zero attached hydrogens (tertiary/aromatic N) is 2. The quantitative estimate of drug-likeness (QED) is 0.452. The Kier molecular flexibility index (Phi) is 2.83. The molecule has 0 saturated heterocycles. The van der Waals surface area contributed by atoms with Crippen molar-refractivity contribution in [3.63, 3.8) is 0 Å². The molecule has 1 rings (SSSR count). The smallest absolute Gasteiger partial charge is 0.258 e. The van der Waals surface area contributed by atoms with Crippen LogP contribution in [0.5, 0.6) is 0 Å². The maximum Gasteiger partial charge on any atom is 0.287 e. The van der Waals surface area contributed by atoms with Gasteiger partial charge in [0.1, 0.15) is 11.6 Å². The molecule has 0 unspecified atom stereocenters. The second-order valence-corrected chi connectivity index (χ2v) is 3.60. The Morgan fingerprint density at radius 2 is 2.23 bits per heavy atom. The Balaban J connectivity index is 3.50. The number of hydrogen-bond donors (Lipinski definition) is 0. The molecule has 0 N–H and O–H groups in total. The van der Waals surface area contributed by atoms with Crippen LogP contribution in [0.4, 0.5) is 5.69 Å². The van der Waals surface area contributed by atoms with E-state index < -0.39 is 4.92 Å². The number of rotatable bonds is 1. The molecule has 0 heterocycles. The number of halogens is 1. The van der Waals surface area contributed by atoms with E-state index in [2.05, 4.69) is 0 Å². The van der Waals surface area contributed by atoms with E-state index in [0.717, 1.165) is 3.57 Å². The summed E-state index contributed by atoms with van der Waals surface area (Å²) in [6.45, 7) is 1.70. The molecule has 0 bridgehead atoms. The zero-order chi connectivity index (χ0) is 10.0. The lowest BCUT2D eigenvalue weighted by atomic mass is 10.1. The first-order chi connectivity index (χ1) is 6.07. The van der Waals surface area contributed by atoms with Gasteiger partial charge in [0.05, 0.1) is 4.92 Å². The third kappa shape index (κ3) is 1.78. The summed E-state index contributed by atoms with van der Waals surface area (Å²) in [6, 6.07) is 4.83. The minimum Gasteiger partial charge on any atom is -0.258 e. The number of benzene rings is 1. The molecule has 0 aliphatic rings. The predicted octanol–water partition coefficient (Wildman–Crippen LogP) is 2.38. The largest absolute Gasteiger partial charge is 0.287 e. The molecular formula is C8H5IN2O2. The Bertz CT molecular complexity index is 409. The molecule has 1 aromatic rings.